The van der Waals surface area contributed by atoms with E-state index < -0.39 is 7.60 Å². The molecule has 1 rings (SSSR count). The fourth-order valence-electron chi connectivity index (χ4n) is 0.837. The number of para-hydroxylation sites is 1. The first-order valence-electron chi connectivity index (χ1n) is 3.80. The first-order chi connectivity index (χ1) is 6.14. The van der Waals surface area contributed by atoms with Crippen LogP contribution in [0.15, 0.2) is 43.0 Å². The molecule has 0 radical (unpaired) electrons. The molecule has 4 heteroatoms. The van der Waals surface area contributed by atoms with Gasteiger partial charge in [-0.3, -0.25) is 4.57 Å². The van der Waals surface area contributed by atoms with Crippen molar-refractivity contribution in [3.63, 3.8) is 0 Å². The zero-order valence-electron chi connectivity index (χ0n) is 7.05. The van der Waals surface area contributed by atoms with Crippen LogP contribution in [0.5, 0.6) is 5.75 Å². The average Bonchev–Trinajstić information content (AvgIpc) is 2.04. The zero-order chi connectivity index (χ0) is 9.73. The van der Waals surface area contributed by atoms with Crippen LogP contribution >= 0.6 is 7.60 Å². The van der Waals surface area contributed by atoms with Gasteiger partial charge in [0.25, 0.3) is 0 Å². The quantitative estimate of drug-likeness (QED) is 0.546. The Hall–Kier alpha value is -1.05. The van der Waals surface area contributed by atoms with Crippen molar-refractivity contribution in [2.45, 2.75) is 0 Å². The normalized spacial score (nSPS) is 14.5. The Kier molecular flexibility index (Phi) is 3.29. The van der Waals surface area contributed by atoms with Gasteiger partial charge in [0.15, 0.2) is 7.60 Å². The Morgan fingerprint density at radius 2 is 2.08 bits per heavy atom. The maximum absolute atomic E-state index is 11.1. The molecule has 0 amide bonds. The van der Waals surface area contributed by atoms with E-state index in [4.69, 9.17) is 4.52 Å². The highest BCUT2D eigenvalue weighted by atomic mass is 31.2. The fourth-order valence-corrected chi connectivity index (χ4v) is 1.67. The molecule has 0 saturated carbocycles. The molecule has 70 valence electrons. The first kappa shape index (κ1) is 10.0. The van der Waals surface area contributed by atoms with Crippen molar-refractivity contribution < 1.29 is 14.0 Å². The van der Waals surface area contributed by atoms with Crippen LogP contribution in [0.1, 0.15) is 0 Å². The minimum Gasteiger partial charge on any atom is -0.769 e. The van der Waals surface area contributed by atoms with Gasteiger partial charge in [-0.2, -0.15) is 0 Å². The Bertz CT molecular complexity index is 321. The molecule has 0 spiro atoms. The molecular weight excluding hydrogens is 187 g/mol. The monoisotopic (exact) mass is 197 g/mol. The van der Waals surface area contributed by atoms with Gasteiger partial charge in [0, 0.05) is 6.16 Å². The largest absolute Gasteiger partial charge is 0.769 e. The van der Waals surface area contributed by atoms with E-state index >= 15 is 0 Å². The summed E-state index contributed by atoms with van der Waals surface area (Å²) in [7, 11) is -3.78. The molecule has 0 aliphatic rings. The Balaban J connectivity index is 2.69. The SMILES string of the molecule is C=CCP(=O)([O-])Oc1ccccc1. The van der Waals surface area contributed by atoms with Gasteiger partial charge >= 0.3 is 0 Å². The van der Waals surface area contributed by atoms with E-state index in [0.717, 1.165) is 0 Å². The molecule has 1 atom stereocenters. The molecule has 1 unspecified atom stereocenters. The van der Waals surface area contributed by atoms with Crippen molar-refractivity contribution in [3.8, 4) is 5.75 Å². The zero-order valence-corrected chi connectivity index (χ0v) is 7.94. The summed E-state index contributed by atoms with van der Waals surface area (Å²) in [6.07, 6.45) is 1.15. The van der Waals surface area contributed by atoms with E-state index in [9.17, 15) is 9.46 Å². The van der Waals surface area contributed by atoms with Gasteiger partial charge < -0.3 is 9.42 Å². The van der Waals surface area contributed by atoms with E-state index in [2.05, 4.69) is 6.58 Å². The van der Waals surface area contributed by atoms with Crippen molar-refractivity contribution in [1.82, 2.24) is 0 Å². The summed E-state index contributed by atoms with van der Waals surface area (Å²) in [5, 5.41) is 0. The van der Waals surface area contributed by atoms with Crippen LogP contribution in [0.2, 0.25) is 0 Å². The highest BCUT2D eigenvalue weighted by molar-refractivity contribution is 7.51. The van der Waals surface area contributed by atoms with Crippen molar-refractivity contribution in [3.05, 3.63) is 43.0 Å². The average molecular weight is 197 g/mol. The molecule has 13 heavy (non-hydrogen) atoms. The van der Waals surface area contributed by atoms with Crippen LogP contribution in [0.4, 0.5) is 0 Å². The Labute approximate surface area is 77.2 Å². The molecule has 0 aliphatic heterocycles. The molecule has 0 aromatic heterocycles. The van der Waals surface area contributed by atoms with E-state index in [1.54, 1.807) is 30.3 Å². The van der Waals surface area contributed by atoms with Crippen LogP contribution in [0.3, 0.4) is 0 Å². The van der Waals surface area contributed by atoms with Crippen molar-refractivity contribution in [2.24, 2.45) is 0 Å². The lowest BCUT2D eigenvalue weighted by Gasteiger charge is -2.22. The number of hydrogen-bond acceptors (Lipinski definition) is 3. The second-order valence-corrected chi connectivity index (χ2v) is 4.26. The highest BCUT2D eigenvalue weighted by Gasteiger charge is 2.06. The summed E-state index contributed by atoms with van der Waals surface area (Å²) in [6, 6.07) is 8.39. The van der Waals surface area contributed by atoms with Crippen LogP contribution in [0, 0.1) is 0 Å². The van der Waals surface area contributed by atoms with Gasteiger partial charge in [0.1, 0.15) is 5.75 Å². The first-order valence-corrected chi connectivity index (χ1v) is 5.52. The summed E-state index contributed by atoms with van der Waals surface area (Å²) in [5.74, 6) is 0.336. The van der Waals surface area contributed by atoms with Crippen molar-refractivity contribution >= 4 is 7.60 Å². The molecular formula is C9H10O3P-. The molecule has 1 aromatic carbocycles. The minimum atomic E-state index is -3.78. The molecule has 0 bridgehead atoms. The number of benzene rings is 1. The van der Waals surface area contributed by atoms with E-state index in [1.807, 2.05) is 0 Å². The van der Waals surface area contributed by atoms with Crippen LogP contribution in [0.25, 0.3) is 0 Å². The summed E-state index contributed by atoms with van der Waals surface area (Å²) in [5.41, 5.74) is 0. The van der Waals surface area contributed by atoms with Gasteiger partial charge in [-0.05, 0) is 12.1 Å². The summed E-state index contributed by atoms with van der Waals surface area (Å²) >= 11 is 0. The van der Waals surface area contributed by atoms with Gasteiger partial charge in [-0.25, -0.2) is 0 Å². The van der Waals surface area contributed by atoms with Crippen LogP contribution in [-0.4, -0.2) is 6.16 Å². The molecule has 0 fully saturated rings. The molecule has 0 N–H and O–H groups in total. The smallest absolute Gasteiger partial charge is 0.188 e. The standard InChI is InChI=1S/C9H11O3P/c1-2-8-13(10,11)12-9-6-4-3-5-7-9/h2-7H,1,8H2,(H,10,11)/p-1. The molecule has 0 heterocycles. The topological polar surface area (TPSA) is 49.4 Å². The van der Waals surface area contributed by atoms with Crippen LogP contribution < -0.4 is 9.42 Å². The van der Waals surface area contributed by atoms with E-state index in [1.165, 1.54) is 6.08 Å². The third-order valence-corrected chi connectivity index (χ3v) is 2.53. The predicted molar refractivity (Wildman–Crippen MR) is 49.7 cm³/mol. The number of hydrogen-bond donors (Lipinski definition) is 0. The van der Waals surface area contributed by atoms with Gasteiger partial charge in [0.05, 0.1) is 0 Å². The van der Waals surface area contributed by atoms with Crippen molar-refractivity contribution in [2.75, 3.05) is 6.16 Å². The lowest BCUT2D eigenvalue weighted by molar-refractivity contribution is -0.190. The number of rotatable bonds is 4. The van der Waals surface area contributed by atoms with E-state index in [-0.39, 0.29) is 6.16 Å². The minimum absolute atomic E-state index is 0.151. The second-order valence-electron chi connectivity index (χ2n) is 2.49. The third kappa shape index (κ3) is 3.45. The summed E-state index contributed by atoms with van der Waals surface area (Å²) < 4.78 is 15.9. The Morgan fingerprint density at radius 1 is 1.46 bits per heavy atom. The van der Waals surface area contributed by atoms with Crippen molar-refractivity contribution in [1.29, 1.82) is 0 Å². The van der Waals surface area contributed by atoms with Gasteiger partial charge in [0.2, 0.25) is 0 Å². The highest BCUT2D eigenvalue weighted by Crippen LogP contribution is 2.37. The van der Waals surface area contributed by atoms with Gasteiger partial charge in [-0.15, -0.1) is 6.58 Å². The lowest BCUT2D eigenvalue weighted by atomic mass is 10.3. The maximum Gasteiger partial charge on any atom is 0.188 e. The third-order valence-electron chi connectivity index (χ3n) is 1.34. The number of allylic oxidation sites excluding steroid dienone is 1. The fraction of sp³-hybridized carbons (Fsp3) is 0.111. The Morgan fingerprint density at radius 3 is 2.62 bits per heavy atom. The molecule has 1 aromatic rings. The van der Waals surface area contributed by atoms with Crippen LogP contribution in [-0.2, 0) is 4.57 Å². The predicted octanol–water partition coefficient (Wildman–Crippen LogP) is 1.80. The van der Waals surface area contributed by atoms with E-state index in [0.29, 0.717) is 5.75 Å². The molecule has 0 saturated heterocycles. The lowest BCUT2D eigenvalue weighted by Crippen LogP contribution is -2.09. The molecule has 0 aliphatic carbocycles. The van der Waals surface area contributed by atoms with Gasteiger partial charge in [-0.1, -0.05) is 24.3 Å². The summed E-state index contributed by atoms with van der Waals surface area (Å²) in [6.45, 7) is 3.34. The summed E-state index contributed by atoms with van der Waals surface area (Å²) in [4.78, 5) is 11.1. The molecule has 3 nitrogen and oxygen atoms in total. The maximum atomic E-state index is 11.1. The second kappa shape index (κ2) is 4.26.